The predicted octanol–water partition coefficient (Wildman–Crippen LogP) is 4.41. The molecule has 0 aliphatic carbocycles. The predicted molar refractivity (Wildman–Crippen MR) is 101 cm³/mol. The molecule has 2 aromatic rings. The number of amides is 1. The Morgan fingerprint density at radius 1 is 1.28 bits per heavy atom. The Kier molecular flexibility index (Phi) is 4.48. The largest absolute Gasteiger partial charge is 0.446 e. The fourth-order valence-corrected chi connectivity index (χ4v) is 5.16. The van der Waals surface area contributed by atoms with Crippen molar-refractivity contribution in [1.29, 1.82) is 0 Å². The average molecular weight is 377 g/mol. The molecule has 0 radical (unpaired) electrons. The third-order valence-corrected chi connectivity index (χ3v) is 6.64. The van der Waals surface area contributed by atoms with Crippen molar-refractivity contribution in [3.8, 4) is 10.8 Å². The molecule has 1 aromatic heterocycles. The topological polar surface area (TPSA) is 55.6 Å². The number of carbonyl (C=O) groups is 1. The third kappa shape index (κ3) is 3.16. The Morgan fingerprint density at radius 3 is 2.60 bits per heavy atom. The van der Waals surface area contributed by atoms with Crippen LogP contribution in [0.4, 0.5) is 0 Å². The summed E-state index contributed by atoms with van der Waals surface area (Å²) in [5.74, 6) is 1.46. The highest BCUT2D eigenvalue weighted by atomic mass is 35.5. The first kappa shape index (κ1) is 16.9. The maximum absolute atomic E-state index is 11.8. The summed E-state index contributed by atoms with van der Waals surface area (Å²) in [4.78, 5) is 14.4. The number of hydrogen-bond donors (Lipinski definition) is 1. The van der Waals surface area contributed by atoms with Crippen molar-refractivity contribution >= 4 is 28.8 Å². The summed E-state index contributed by atoms with van der Waals surface area (Å²) in [6.45, 7) is 5.36. The monoisotopic (exact) mass is 376 g/mol. The molecular formula is C19H21ClN2O2S. The van der Waals surface area contributed by atoms with Crippen molar-refractivity contribution in [2.45, 2.75) is 25.7 Å². The highest BCUT2D eigenvalue weighted by Gasteiger charge is 2.37. The number of hydrogen-bond acceptors (Lipinski definition) is 4. The first-order valence-corrected chi connectivity index (χ1v) is 9.81. The van der Waals surface area contributed by atoms with E-state index in [0.717, 1.165) is 28.5 Å². The molecular weight excluding hydrogens is 356 g/mol. The lowest BCUT2D eigenvalue weighted by atomic mass is 9.73. The van der Waals surface area contributed by atoms with Gasteiger partial charge in [0.25, 0.3) is 0 Å². The van der Waals surface area contributed by atoms with Crippen LogP contribution in [0.25, 0.3) is 0 Å². The molecule has 3 fully saturated rings. The summed E-state index contributed by atoms with van der Waals surface area (Å²) in [7, 11) is 0. The number of piperidine rings is 3. The van der Waals surface area contributed by atoms with E-state index in [9.17, 15) is 4.79 Å². The minimum atomic E-state index is -0.384. The van der Waals surface area contributed by atoms with Gasteiger partial charge in [-0.3, -0.25) is 4.79 Å². The lowest BCUT2D eigenvalue weighted by Crippen LogP contribution is -2.46. The minimum absolute atomic E-state index is 0.382. The highest BCUT2D eigenvalue weighted by Crippen LogP contribution is 2.45. The number of fused-ring (bicyclic) bond motifs is 3. The van der Waals surface area contributed by atoms with Gasteiger partial charge in [0.1, 0.15) is 5.75 Å². The zero-order valence-corrected chi connectivity index (χ0v) is 15.7. The Hall–Kier alpha value is -1.56. The van der Waals surface area contributed by atoms with Gasteiger partial charge in [0.05, 0.1) is 4.34 Å². The molecule has 0 spiro atoms. The van der Waals surface area contributed by atoms with Crippen LogP contribution in [-0.2, 0) is 0 Å². The van der Waals surface area contributed by atoms with Gasteiger partial charge < -0.3 is 15.4 Å². The molecule has 0 saturated carbocycles. The van der Waals surface area contributed by atoms with Gasteiger partial charge in [-0.05, 0) is 68.6 Å². The van der Waals surface area contributed by atoms with Crippen LogP contribution in [0.3, 0.4) is 0 Å². The number of nitrogens with zero attached hydrogens (tertiary/aromatic N) is 1. The fourth-order valence-electron chi connectivity index (χ4n) is 4.27. The molecule has 3 saturated heterocycles. The second kappa shape index (κ2) is 6.63. The summed E-state index contributed by atoms with van der Waals surface area (Å²) in [5, 5.41) is 0.763. The van der Waals surface area contributed by atoms with Crippen molar-refractivity contribution in [3.05, 3.63) is 45.3 Å². The molecule has 3 aliphatic rings. The van der Waals surface area contributed by atoms with Crippen LogP contribution in [0.2, 0.25) is 4.34 Å². The van der Waals surface area contributed by atoms with Gasteiger partial charge in [0, 0.05) is 23.6 Å². The van der Waals surface area contributed by atoms with Crippen molar-refractivity contribution < 1.29 is 9.53 Å². The Bertz CT molecular complexity index is 812. The van der Waals surface area contributed by atoms with Crippen LogP contribution in [0, 0.1) is 12.8 Å². The molecule has 1 aromatic carbocycles. The quantitative estimate of drug-likeness (QED) is 0.859. The van der Waals surface area contributed by atoms with E-state index in [0.29, 0.717) is 21.7 Å². The molecule has 4 nitrogen and oxygen atoms in total. The number of halogens is 1. The van der Waals surface area contributed by atoms with Crippen LogP contribution in [0.1, 0.15) is 40.2 Å². The molecule has 5 rings (SSSR count). The Morgan fingerprint density at radius 2 is 2.04 bits per heavy atom. The molecule has 3 aliphatic heterocycles. The standard InChI is InChI=1S/C19H21ClN2O2S/c1-11-13(19(21)23)2-3-15(24-17-5-4-16(20)25-17)18(11)14-10-22-8-6-12(14)7-9-22/h2-5,12,14H,6-10H2,1H3,(H2,21,23). The molecule has 1 amide bonds. The number of rotatable bonds is 4. The fraction of sp³-hybridized carbons (Fsp3) is 0.421. The van der Waals surface area contributed by atoms with E-state index in [4.69, 9.17) is 22.1 Å². The number of thiophene rings is 1. The van der Waals surface area contributed by atoms with Crippen molar-refractivity contribution in [3.63, 3.8) is 0 Å². The summed E-state index contributed by atoms with van der Waals surface area (Å²) >= 11 is 7.45. The number of primary amides is 1. The zero-order chi connectivity index (χ0) is 17.6. The van der Waals surface area contributed by atoms with E-state index in [1.54, 1.807) is 6.07 Å². The van der Waals surface area contributed by atoms with E-state index < -0.39 is 0 Å². The summed E-state index contributed by atoms with van der Waals surface area (Å²) in [6.07, 6.45) is 2.41. The second-order valence-corrected chi connectivity index (χ2v) is 8.60. The van der Waals surface area contributed by atoms with Crippen molar-refractivity contribution in [2.24, 2.45) is 11.7 Å². The van der Waals surface area contributed by atoms with E-state index in [1.165, 1.54) is 37.3 Å². The average Bonchev–Trinajstić information content (AvgIpc) is 3.00. The van der Waals surface area contributed by atoms with Gasteiger partial charge in [-0.2, -0.15) is 0 Å². The first-order valence-electron chi connectivity index (χ1n) is 8.62. The number of benzene rings is 1. The highest BCUT2D eigenvalue weighted by molar-refractivity contribution is 7.17. The lowest BCUT2D eigenvalue weighted by molar-refractivity contribution is 0.0858. The van der Waals surface area contributed by atoms with E-state index in [2.05, 4.69) is 4.90 Å². The minimum Gasteiger partial charge on any atom is -0.446 e. The van der Waals surface area contributed by atoms with Gasteiger partial charge in [-0.25, -0.2) is 0 Å². The Balaban J connectivity index is 1.78. The molecule has 6 heteroatoms. The molecule has 25 heavy (non-hydrogen) atoms. The first-order chi connectivity index (χ1) is 12.0. The normalized spacial score (nSPS) is 25.1. The van der Waals surface area contributed by atoms with Crippen LogP contribution in [0.15, 0.2) is 24.3 Å². The van der Waals surface area contributed by atoms with Gasteiger partial charge in [-0.15, -0.1) is 0 Å². The lowest BCUT2D eigenvalue weighted by Gasteiger charge is -2.45. The molecule has 2 N–H and O–H groups in total. The number of carbonyl (C=O) groups excluding carboxylic acids is 1. The molecule has 1 atom stereocenters. The smallest absolute Gasteiger partial charge is 0.248 e. The molecule has 1 unspecified atom stereocenters. The molecule has 2 bridgehead atoms. The summed E-state index contributed by atoms with van der Waals surface area (Å²) < 4.78 is 6.87. The Labute approximate surface area is 156 Å². The second-order valence-electron chi connectivity index (χ2n) is 6.92. The van der Waals surface area contributed by atoms with Gasteiger partial charge in [0.2, 0.25) is 5.91 Å². The van der Waals surface area contributed by atoms with Gasteiger partial charge in [0.15, 0.2) is 5.06 Å². The zero-order valence-electron chi connectivity index (χ0n) is 14.1. The third-order valence-electron chi connectivity index (χ3n) is 5.53. The van der Waals surface area contributed by atoms with E-state index in [-0.39, 0.29) is 5.91 Å². The van der Waals surface area contributed by atoms with Gasteiger partial charge in [-0.1, -0.05) is 22.9 Å². The number of ether oxygens (including phenoxy) is 1. The molecule has 132 valence electrons. The molecule has 4 heterocycles. The number of nitrogens with two attached hydrogens (primary N) is 1. The van der Waals surface area contributed by atoms with E-state index >= 15 is 0 Å². The van der Waals surface area contributed by atoms with E-state index in [1.807, 2.05) is 25.1 Å². The summed E-state index contributed by atoms with van der Waals surface area (Å²) in [5.41, 5.74) is 8.26. The SMILES string of the molecule is Cc1c(C(N)=O)ccc(Oc2ccc(Cl)s2)c1C1CN2CCC1CC2. The van der Waals surface area contributed by atoms with Crippen LogP contribution in [-0.4, -0.2) is 30.4 Å². The van der Waals surface area contributed by atoms with Crippen LogP contribution >= 0.6 is 22.9 Å². The maximum Gasteiger partial charge on any atom is 0.248 e. The van der Waals surface area contributed by atoms with Crippen LogP contribution < -0.4 is 10.5 Å². The maximum atomic E-state index is 11.8. The van der Waals surface area contributed by atoms with Crippen molar-refractivity contribution in [1.82, 2.24) is 4.90 Å². The summed E-state index contributed by atoms with van der Waals surface area (Å²) in [6, 6.07) is 7.37. The van der Waals surface area contributed by atoms with Crippen molar-refractivity contribution in [2.75, 3.05) is 19.6 Å². The van der Waals surface area contributed by atoms with Gasteiger partial charge >= 0.3 is 0 Å². The van der Waals surface area contributed by atoms with Crippen LogP contribution in [0.5, 0.6) is 10.8 Å².